The Bertz CT molecular complexity index is 429. The van der Waals surface area contributed by atoms with Crippen molar-refractivity contribution in [2.24, 2.45) is 5.92 Å². The Morgan fingerprint density at radius 3 is 2.48 bits per heavy atom. The van der Waals surface area contributed by atoms with E-state index < -0.39 is 0 Å². The Kier molecular flexibility index (Phi) is 8.40. The van der Waals surface area contributed by atoms with Gasteiger partial charge >= 0.3 is 0 Å². The fraction of sp³-hybridized carbons (Fsp3) is 0.588. The fourth-order valence-electron chi connectivity index (χ4n) is 2.83. The van der Waals surface area contributed by atoms with E-state index in [4.69, 9.17) is 0 Å². The SMILES string of the molecule is CCNCc1ccccc1NC(=O)C1CCCCCC1.Cl. The summed E-state index contributed by atoms with van der Waals surface area (Å²) >= 11 is 0. The molecular weight excluding hydrogens is 284 g/mol. The molecule has 2 N–H and O–H groups in total. The maximum absolute atomic E-state index is 12.4. The number of nitrogens with one attached hydrogen (secondary N) is 2. The summed E-state index contributed by atoms with van der Waals surface area (Å²) in [5, 5.41) is 6.45. The molecule has 0 saturated heterocycles. The lowest BCUT2D eigenvalue weighted by molar-refractivity contribution is -0.120. The minimum Gasteiger partial charge on any atom is -0.326 e. The number of amides is 1. The number of para-hydroxylation sites is 1. The van der Waals surface area contributed by atoms with Gasteiger partial charge in [-0.05, 0) is 31.0 Å². The van der Waals surface area contributed by atoms with Crippen LogP contribution in [0, 0.1) is 5.92 Å². The predicted octanol–water partition coefficient (Wildman–Crippen LogP) is 4.13. The van der Waals surface area contributed by atoms with Gasteiger partial charge < -0.3 is 10.6 Å². The summed E-state index contributed by atoms with van der Waals surface area (Å²) in [5.74, 6) is 0.403. The monoisotopic (exact) mass is 310 g/mol. The van der Waals surface area contributed by atoms with Gasteiger partial charge in [-0.15, -0.1) is 12.4 Å². The number of carbonyl (C=O) groups excluding carboxylic acids is 1. The van der Waals surface area contributed by atoms with Crippen molar-refractivity contribution in [1.29, 1.82) is 0 Å². The Morgan fingerprint density at radius 2 is 1.81 bits per heavy atom. The lowest BCUT2D eigenvalue weighted by atomic mass is 9.99. The molecule has 0 aliphatic heterocycles. The number of anilines is 1. The quantitative estimate of drug-likeness (QED) is 0.803. The maximum Gasteiger partial charge on any atom is 0.227 e. The van der Waals surface area contributed by atoms with Gasteiger partial charge in [0.1, 0.15) is 0 Å². The van der Waals surface area contributed by atoms with Crippen LogP contribution in [0.15, 0.2) is 24.3 Å². The summed E-state index contributed by atoms with van der Waals surface area (Å²) in [6.45, 7) is 3.83. The largest absolute Gasteiger partial charge is 0.326 e. The third-order valence-corrected chi connectivity index (χ3v) is 4.07. The van der Waals surface area contributed by atoms with Gasteiger partial charge in [0.15, 0.2) is 0 Å². The van der Waals surface area contributed by atoms with E-state index in [1.807, 2.05) is 18.2 Å². The second kappa shape index (κ2) is 9.80. The van der Waals surface area contributed by atoms with Crippen molar-refractivity contribution in [2.75, 3.05) is 11.9 Å². The minimum absolute atomic E-state index is 0. The zero-order chi connectivity index (χ0) is 14.2. The summed E-state index contributed by atoms with van der Waals surface area (Å²) in [5.41, 5.74) is 2.12. The van der Waals surface area contributed by atoms with Crippen LogP contribution in [0.5, 0.6) is 0 Å². The van der Waals surface area contributed by atoms with E-state index in [0.29, 0.717) is 0 Å². The van der Waals surface area contributed by atoms with E-state index in [2.05, 4.69) is 23.6 Å². The zero-order valence-corrected chi connectivity index (χ0v) is 13.7. The molecule has 1 aliphatic rings. The van der Waals surface area contributed by atoms with Gasteiger partial charge in [0.25, 0.3) is 0 Å². The van der Waals surface area contributed by atoms with Gasteiger partial charge in [-0.2, -0.15) is 0 Å². The van der Waals surface area contributed by atoms with Crippen LogP contribution in [0.25, 0.3) is 0 Å². The summed E-state index contributed by atoms with van der Waals surface area (Å²) in [4.78, 5) is 12.4. The van der Waals surface area contributed by atoms with Crippen molar-refractivity contribution in [3.8, 4) is 0 Å². The molecule has 0 unspecified atom stereocenters. The topological polar surface area (TPSA) is 41.1 Å². The molecule has 1 amide bonds. The molecule has 21 heavy (non-hydrogen) atoms. The molecule has 118 valence electrons. The van der Waals surface area contributed by atoms with Gasteiger partial charge in [0.2, 0.25) is 5.91 Å². The van der Waals surface area contributed by atoms with Gasteiger partial charge in [0, 0.05) is 18.2 Å². The number of benzene rings is 1. The van der Waals surface area contributed by atoms with Gasteiger partial charge in [0.05, 0.1) is 0 Å². The van der Waals surface area contributed by atoms with Crippen molar-refractivity contribution >= 4 is 24.0 Å². The van der Waals surface area contributed by atoms with E-state index >= 15 is 0 Å². The predicted molar refractivity (Wildman–Crippen MR) is 90.9 cm³/mol. The molecule has 2 rings (SSSR count). The first-order valence-corrected chi connectivity index (χ1v) is 7.90. The minimum atomic E-state index is 0. The van der Waals surface area contributed by atoms with E-state index in [1.165, 1.54) is 25.7 Å². The highest BCUT2D eigenvalue weighted by Gasteiger charge is 2.20. The second-order valence-electron chi connectivity index (χ2n) is 5.62. The van der Waals surface area contributed by atoms with E-state index in [0.717, 1.165) is 37.2 Å². The third kappa shape index (κ3) is 5.68. The molecule has 0 spiro atoms. The van der Waals surface area contributed by atoms with E-state index in [1.54, 1.807) is 0 Å². The highest BCUT2D eigenvalue weighted by molar-refractivity contribution is 5.93. The molecule has 0 bridgehead atoms. The van der Waals surface area contributed by atoms with E-state index in [-0.39, 0.29) is 24.2 Å². The maximum atomic E-state index is 12.4. The first kappa shape index (κ1) is 18.0. The van der Waals surface area contributed by atoms with Crippen LogP contribution in [-0.4, -0.2) is 12.5 Å². The van der Waals surface area contributed by atoms with Crippen LogP contribution in [0.1, 0.15) is 51.0 Å². The van der Waals surface area contributed by atoms with Crippen molar-refractivity contribution < 1.29 is 4.79 Å². The highest BCUT2D eigenvalue weighted by atomic mass is 35.5. The van der Waals surface area contributed by atoms with Crippen molar-refractivity contribution in [3.05, 3.63) is 29.8 Å². The standard InChI is InChI=1S/C17H26N2O.ClH/c1-2-18-13-15-11-7-8-12-16(15)19-17(20)14-9-5-3-4-6-10-14;/h7-8,11-12,14,18H,2-6,9-10,13H2,1H3,(H,19,20);1H. The van der Waals surface area contributed by atoms with Gasteiger partial charge in [-0.1, -0.05) is 50.8 Å². The Labute approximate surface area is 134 Å². The second-order valence-corrected chi connectivity index (χ2v) is 5.62. The van der Waals surface area contributed by atoms with Crippen molar-refractivity contribution in [3.63, 3.8) is 0 Å². The summed E-state index contributed by atoms with van der Waals surface area (Å²) < 4.78 is 0. The molecule has 1 aromatic rings. The van der Waals surface area contributed by atoms with Crippen LogP contribution in [0.3, 0.4) is 0 Å². The highest BCUT2D eigenvalue weighted by Crippen LogP contribution is 2.25. The van der Waals surface area contributed by atoms with Crippen molar-refractivity contribution in [2.45, 2.75) is 52.0 Å². The number of hydrogen-bond acceptors (Lipinski definition) is 2. The molecule has 3 nitrogen and oxygen atoms in total. The number of halogens is 1. The molecule has 0 aromatic heterocycles. The summed E-state index contributed by atoms with van der Waals surface area (Å²) in [7, 11) is 0. The number of carbonyl (C=O) groups is 1. The molecular formula is C17H27ClN2O. The Hall–Kier alpha value is -1.06. The lowest BCUT2D eigenvalue weighted by Crippen LogP contribution is -2.23. The van der Waals surface area contributed by atoms with Gasteiger partial charge in [-0.3, -0.25) is 4.79 Å². The van der Waals surface area contributed by atoms with Gasteiger partial charge in [-0.25, -0.2) is 0 Å². The zero-order valence-electron chi connectivity index (χ0n) is 12.9. The molecule has 1 saturated carbocycles. The summed E-state index contributed by atoms with van der Waals surface area (Å²) in [6.07, 6.45) is 7.03. The average Bonchev–Trinajstić information content (AvgIpc) is 2.75. The average molecular weight is 311 g/mol. The number of rotatable bonds is 5. The molecule has 1 aliphatic carbocycles. The van der Waals surface area contributed by atoms with E-state index in [9.17, 15) is 4.79 Å². The first-order chi connectivity index (χ1) is 9.81. The summed E-state index contributed by atoms with van der Waals surface area (Å²) in [6, 6.07) is 8.08. The molecule has 4 heteroatoms. The molecule has 0 heterocycles. The van der Waals surface area contributed by atoms with Crippen LogP contribution in [-0.2, 0) is 11.3 Å². The molecule has 0 radical (unpaired) electrons. The Balaban J connectivity index is 0.00000220. The molecule has 0 atom stereocenters. The van der Waals surface area contributed by atoms with Crippen LogP contribution >= 0.6 is 12.4 Å². The van der Waals surface area contributed by atoms with Crippen molar-refractivity contribution in [1.82, 2.24) is 5.32 Å². The lowest BCUT2D eigenvalue weighted by Gasteiger charge is -2.16. The van der Waals surface area contributed by atoms with Crippen LogP contribution in [0.4, 0.5) is 5.69 Å². The molecule has 1 fully saturated rings. The molecule has 1 aromatic carbocycles. The normalized spacial score (nSPS) is 15.9. The smallest absolute Gasteiger partial charge is 0.227 e. The van der Waals surface area contributed by atoms with Crippen LogP contribution < -0.4 is 10.6 Å². The van der Waals surface area contributed by atoms with Crippen LogP contribution in [0.2, 0.25) is 0 Å². The fourth-order valence-corrected chi connectivity index (χ4v) is 2.83. The number of hydrogen-bond donors (Lipinski definition) is 2. The third-order valence-electron chi connectivity index (χ3n) is 4.07. The Morgan fingerprint density at radius 1 is 1.14 bits per heavy atom. The first-order valence-electron chi connectivity index (χ1n) is 7.90.